The van der Waals surface area contributed by atoms with Gasteiger partial charge in [0, 0.05) is 6.54 Å². The predicted molar refractivity (Wildman–Crippen MR) is 48.9 cm³/mol. The highest BCUT2D eigenvalue weighted by Gasteiger charge is 2.37. The predicted octanol–water partition coefficient (Wildman–Crippen LogP) is 0.265. The van der Waals surface area contributed by atoms with Crippen molar-refractivity contribution in [2.75, 3.05) is 13.1 Å². The molecule has 5 heteroatoms. The Kier molecular flexibility index (Phi) is 2.31. The number of amides is 2. The average molecular weight is 198 g/mol. The third-order valence-electron chi connectivity index (χ3n) is 3.06. The monoisotopic (exact) mass is 198 g/mol. The van der Waals surface area contributed by atoms with Crippen molar-refractivity contribution < 1.29 is 14.7 Å². The van der Waals surface area contributed by atoms with Crippen molar-refractivity contribution in [1.82, 2.24) is 10.2 Å². The van der Waals surface area contributed by atoms with Gasteiger partial charge in [0.25, 0.3) is 0 Å². The van der Waals surface area contributed by atoms with Gasteiger partial charge >= 0.3 is 12.0 Å². The third-order valence-corrected chi connectivity index (χ3v) is 3.06. The second-order valence-electron chi connectivity index (χ2n) is 4.02. The molecule has 0 aromatic carbocycles. The Labute approximate surface area is 82.1 Å². The molecule has 78 valence electrons. The van der Waals surface area contributed by atoms with Gasteiger partial charge in [0.2, 0.25) is 0 Å². The topological polar surface area (TPSA) is 69.6 Å². The summed E-state index contributed by atoms with van der Waals surface area (Å²) in [4.78, 5) is 23.1. The molecule has 1 unspecified atom stereocenters. The van der Waals surface area contributed by atoms with Crippen molar-refractivity contribution >= 4 is 12.0 Å². The number of carboxylic acids is 1. The summed E-state index contributed by atoms with van der Waals surface area (Å²) in [5, 5.41) is 11.4. The van der Waals surface area contributed by atoms with Crippen LogP contribution in [0.15, 0.2) is 0 Å². The Morgan fingerprint density at radius 3 is 2.79 bits per heavy atom. The zero-order valence-electron chi connectivity index (χ0n) is 7.90. The molecule has 1 aliphatic carbocycles. The number of carbonyl (C=O) groups is 2. The Hall–Kier alpha value is -1.26. The molecule has 1 atom stereocenters. The van der Waals surface area contributed by atoms with Crippen LogP contribution >= 0.6 is 0 Å². The lowest BCUT2D eigenvalue weighted by Gasteiger charge is -2.30. The van der Waals surface area contributed by atoms with Crippen molar-refractivity contribution in [3.63, 3.8) is 0 Å². The Morgan fingerprint density at radius 1 is 1.57 bits per heavy atom. The Bertz CT molecular complexity index is 263. The van der Waals surface area contributed by atoms with Crippen LogP contribution in [0, 0.1) is 5.92 Å². The number of hydrogen-bond donors (Lipinski definition) is 2. The molecule has 2 amide bonds. The average Bonchev–Trinajstić information content (AvgIpc) is 2.27. The van der Waals surface area contributed by atoms with E-state index in [2.05, 4.69) is 5.32 Å². The highest BCUT2D eigenvalue weighted by atomic mass is 16.4. The number of hydrogen-bond acceptors (Lipinski definition) is 2. The van der Waals surface area contributed by atoms with Crippen LogP contribution < -0.4 is 5.32 Å². The van der Waals surface area contributed by atoms with Gasteiger partial charge in [0.15, 0.2) is 0 Å². The van der Waals surface area contributed by atoms with Crippen molar-refractivity contribution in [3.05, 3.63) is 0 Å². The SMILES string of the molecule is O=C(O)CN1CC(C2CCC2)NC1=O. The minimum Gasteiger partial charge on any atom is -0.480 e. The maximum Gasteiger partial charge on any atom is 0.323 e. The van der Waals surface area contributed by atoms with Gasteiger partial charge in [-0.05, 0) is 18.8 Å². The number of carbonyl (C=O) groups excluding carboxylic acids is 1. The number of urea groups is 1. The van der Waals surface area contributed by atoms with E-state index in [1.54, 1.807) is 0 Å². The fourth-order valence-electron chi connectivity index (χ4n) is 2.02. The van der Waals surface area contributed by atoms with Crippen LogP contribution in [0.4, 0.5) is 4.79 Å². The molecule has 5 nitrogen and oxygen atoms in total. The van der Waals surface area contributed by atoms with E-state index in [4.69, 9.17) is 5.11 Å². The highest BCUT2D eigenvalue weighted by Crippen LogP contribution is 2.31. The summed E-state index contributed by atoms with van der Waals surface area (Å²) in [5.74, 6) is -0.382. The zero-order chi connectivity index (χ0) is 10.1. The van der Waals surface area contributed by atoms with Gasteiger partial charge in [-0.3, -0.25) is 4.79 Å². The molecule has 0 spiro atoms. The van der Waals surface area contributed by atoms with Gasteiger partial charge in [-0.2, -0.15) is 0 Å². The summed E-state index contributed by atoms with van der Waals surface area (Å²) in [7, 11) is 0. The molecule has 1 saturated carbocycles. The molecule has 1 heterocycles. The Morgan fingerprint density at radius 2 is 2.29 bits per heavy atom. The number of nitrogens with one attached hydrogen (secondary N) is 1. The van der Waals surface area contributed by atoms with Crippen molar-refractivity contribution in [2.24, 2.45) is 5.92 Å². The molecule has 0 aromatic rings. The number of aliphatic carboxylic acids is 1. The second kappa shape index (κ2) is 3.48. The van der Waals surface area contributed by atoms with E-state index in [1.807, 2.05) is 0 Å². The van der Waals surface area contributed by atoms with Crippen molar-refractivity contribution in [2.45, 2.75) is 25.3 Å². The molecular formula is C9H14N2O3. The largest absolute Gasteiger partial charge is 0.480 e. The Balaban J connectivity index is 1.89. The van der Waals surface area contributed by atoms with Gasteiger partial charge in [0.1, 0.15) is 6.54 Å². The standard InChI is InChI=1S/C9H14N2O3/c12-8(13)5-11-4-7(10-9(11)14)6-2-1-3-6/h6-7H,1-5H2,(H,10,14)(H,12,13). The fourth-order valence-corrected chi connectivity index (χ4v) is 2.02. The summed E-state index contributed by atoms with van der Waals surface area (Å²) >= 11 is 0. The van der Waals surface area contributed by atoms with Crippen LogP contribution in [0.1, 0.15) is 19.3 Å². The van der Waals surface area contributed by atoms with Crippen molar-refractivity contribution in [1.29, 1.82) is 0 Å². The molecule has 0 bridgehead atoms. The van der Waals surface area contributed by atoms with Crippen LogP contribution in [-0.2, 0) is 4.79 Å². The van der Waals surface area contributed by atoms with E-state index < -0.39 is 5.97 Å². The van der Waals surface area contributed by atoms with E-state index >= 15 is 0 Å². The molecule has 1 saturated heterocycles. The first kappa shape index (κ1) is 9.30. The number of nitrogens with zero attached hydrogens (tertiary/aromatic N) is 1. The smallest absolute Gasteiger partial charge is 0.323 e. The highest BCUT2D eigenvalue weighted by molar-refractivity contribution is 5.82. The van der Waals surface area contributed by atoms with Crippen LogP contribution in [0.5, 0.6) is 0 Å². The summed E-state index contributed by atoms with van der Waals surface area (Å²) in [5.41, 5.74) is 0. The van der Waals surface area contributed by atoms with Gasteiger partial charge < -0.3 is 15.3 Å². The molecule has 2 rings (SSSR count). The minimum atomic E-state index is -0.950. The summed E-state index contributed by atoms with van der Waals surface area (Å²) in [6, 6.07) is -0.0556. The molecule has 1 aliphatic heterocycles. The summed E-state index contributed by atoms with van der Waals surface area (Å²) in [6.07, 6.45) is 3.55. The third kappa shape index (κ3) is 1.66. The lowest BCUT2D eigenvalue weighted by Crippen LogP contribution is -2.37. The van der Waals surface area contributed by atoms with Crippen LogP contribution in [0.25, 0.3) is 0 Å². The zero-order valence-corrected chi connectivity index (χ0v) is 7.90. The van der Waals surface area contributed by atoms with Crippen LogP contribution in [-0.4, -0.2) is 41.1 Å². The van der Waals surface area contributed by atoms with E-state index in [0.29, 0.717) is 12.5 Å². The molecule has 14 heavy (non-hydrogen) atoms. The van der Waals surface area contributed by atoms with E-state index in [-0.39, 0.29) is 18.6 Å². The minimum absolute atomic E-state index is 0.176. The van der Waals surface area contributed by atoms with Gasteiger partial charge in [0.05, 0.1) is 6.04 Å². The van der Waals surface area contributed by atoms with Gasteiger partial charge in [-0.15, -0.1) is 0 Å². The first-order valence-electron chi connectivity index (χ1n) is 4.94. The first-order chi connectivity index (χ1) is 6.66. The van der Waals surface area contributed by atoms with Gasteiger partial charge in [-0.1, -0.05) is 6.42 Å². The molecule has 0 radical (unpaired) electrons. The van der Waals surface area contributed by atoms with Gasteiger partial charge in [-0.25, -0.2) is 4.79 Å². The fraction of sp³-hybridized carbons (Fsp3) is 0.778. The quantitative estimate of drug-likeness (QED) is 0.683. The lowest BCUT2D eigenvalue weighted by atomic mass is 9.80. The first-order valence-corrected chi connectivity index (χ1v) is 4.94. The summed E-state index contributed by atoms with van der Waals surface area (Å²) in [6.45, 7) is 0.366. The van der Waals surface area contributed by atoms with Crippen LogP contribution in [0.3, 0.4) is 0 Å². The normalized spacial score (nSPS) is 27.3. The van der Waals surface area contributed by atoms with E-state index in [1.165, 1.54) is 11.3 Å². The second-order valence-corrected chi connectivity index (χ2v) is 4.02. The van der Waals surface area contributed by atoms with E-state index in [9.17, 15) is 9.59 Å². The molecule has 0 aromatic heterocycles. The number of carboxylic acid groups (broad SMARTS) is 1. The van der Waals surface area contributed by atoms with E-state index in [0.717, 1.165) is 12.8 Å². The summed E-state index contributed by atoms with van der Waals surface area (Å²) < 4.78 is 0. The lowest BCUT2D eigenvalue weighted by molar-refractivity contribution is -0.137. The molecular weight excluding hydrogens is 184 g/mol. The molecule has 2 N–H and O–H groups in total. The maximum atomic E-state index is 11.3. The molecule has 2 fully saturated rings. The maximum absolute atomic E-state index is 11.3. The van der Waals surface area contributed by atoms with Crippen LogP contribution in [0.2, 0.25) is 0 Å². The molecule has 2 aliphatic rings. The van der Waals surface area contributed by atoms with Crippen molar-refractivity contribution in [3.8, 4) is 0 Å². The number of rotatable bonds is 3.